The zero-order chi connectivity index (χ0) is 87.4. The van der Waals surface area contributed by atoms with E-state index in [0.717, 1.165) is 139 Å². The van der Waals surface area contributed by atoms with Crippen molar-refractivity contribution in [3.05, 3.63) is 510 Å². The second kappa shape index (κ2) is 33.7. The highest BCUT2D eigenvalue weighted by molar-refractivity contribution is 6.19. The van der Waals surface area contributed by atoms with Crippen LogP contribution in [0.4, 0.5) is 34.1 Å². The van der Waals surface area contributed by atoms with E-state index < -0.39 is 0 Å². The minimum atomic E-state index is 0.905. The summed E-state index contributed by atoms with van der Waals surface area (Å²) in [7, 11) is 0. The summed E-state index contributed by atoms with van der Waals surface area (Å²) >= 11 is 0. The van der Waals surface area contributed by atoms with Gasteiger partial charge in [-0.2, -0.15) is 0 Å². The first-order valence-electron chi connectivity index (χ1n) is 45.2. The summed E-state index contributed by atoms with van der Waals surface area (Å²) in [6.45, 7) is 0. The van der Waals surface area contributed by atoms with E-state index in [1.54, 1.807) is 0 Å². The van der Waals surface area contributed by atoms with Gasteiger partial charge in [-0.25, -0.2) is 0 Å². The zero-order valence-electron chi connectivity index (χ0n) is 72.2. The quantitative estimate of drug-likeness (QED) is 0.0903. The van der Waals surface area contributed by atoms with Crippen molar-refractivity contribution >= 4 is 132 Å². The van der Waals surface area contributed by atoms with Gasteiger partial charge in [-0.05, 0) is 205 Å². The van der Waals surface area contributed by atoms with Gasteiger partial charge in [-0.1, -0.05) is 437 Å². The molecule has 25 rings (SSSR count). The first kappa shape index (κ1) is 78.1. The predicted molar refractivity (Wildman–Crippen MR) is 559 cm³/mol. The van der Waals surface area contributed by atoms with Crippen LogP contribution in [-0.4, -0.2) is 0 Å². The van der Waals surface area contributed by atoms with Crippen molar-refractivity contribution in [2.75, 3.05) is 9.80 Å². The van der Waals surface area contributed by atoms with Gasteiger partial charge >= 0.3 is 0 Å². The molecule has 618 valence electrons. The molecule has 0 bridgehead atoms. The molecule has 132 heavy (non-hydrogen) atoms. The van der Waals surface area contributed by atoms with E-state index >= 15 is 0 Å². The summed E-state index contributed by atoms with van der Waals surface area (Å²) in [4.78, 5) is 4.80. The van der Waals surface area contributed by atoms with Gasteiger partial charge in [-0.3, -0.25) is 0 Å². The van der Waals surface area contributed by atoms with E-state index in [0.29, 0.717) is 0 Å². The molecule has 0 fully saturated rings. The van der Waals surface area contributed by atoms with E-state index in [1.165, 1.54) is 104 Å². The minimum Gasteiger partial charge on any atom is -0.455 e. The van der Waals surface area contributed by atoms with Crippen molar-refractivity contribution in [2.24, 2.45) is 0 Å². The Bertz CT molecular complexity index is 8640. The molecule has 25 aromatic rings. The fourth-order valence-electron chi connectivity index (χ4n) is 19.8. The molecule has 0 amide bonds. The standard InChI is InChI=1S/C66H43NO.C62H41NO/c1-2-14-44(15-3-1)46-34-38-53(39-35-46)67(64-43-52-17-5-7-22-56(52)58-23-8-9-24-60(58)64)54-40-36-47(37-41-54)45-30-32-48(33-31-45)50-19-10-20-51(42-50)57-25-12-28-62-63-29-13-27-61(66(63)68-65(57)62)59-26-11-18-49-16-4-6-21-55(49)59;1-3-14-42(15-4-1)44-32-36-51(37-33-44)63(60-41-50-18-7-8-21-53(50)56-22-9-10-23-57(56)60)52-38-34-45(35-39-52)43-28-30-46(31-29-43)48-19-11-20-49(40-48)55-25-13-27-59-58-26-12-24-54(61(58)64-62(55)59)47-16-5-2-6-17-47/h1-43H;1-41H. The van der Waals surface area contributed by atoms with Gasteiger partial charge < -0.3 is 18.6 Å². The molecule has 0 spiro atoms. The Labute approximate surface area is 766 Å². The Kier molecular flexibility index (Phi) is 19.9. The van der Waals surface area contributed by atoms with Crippen LogP contribution >= 0.6 is 0 Å². The monoisotopic (exact) mass is 1680 g/mol. The van der Waals surface area contributed by atoms with E-state index in [9.17, 15) is 0 Å². The number of nitrogens with zero attached hydrogens (tertiary/aromatic N) is 2. The molecule has 0 aliphatic carbocycles. The van der Waals surface area contributed by atoms with E-state index in [-0.39, 0.29) is 0 Å². The zero-order valence-corrected chi connectivity index (χ0v) is 72.2. The van der Waals surface area contributed by atoms with Gasteiger partial charge in [0.1, 0.15) is 22.3 Å². The third kappa shape index (κ3) is 14.4. The fraction of sp³-hybridized carbons (Fsp3) is 0. The van der Waals surface area contributed by atoms with Gasteiger partial charge in [0, 0.05) is 77.3 Å². The number of anilines is 6. The minimum absolute atomic E-state index is 0.905. The van der Waals surface area contributed by atoms with Crippen LogP contribution in [0.3, 0.4) is 0 Å². The van der Waals surface area contributed by atoms with Crippen LogP contribution in [0.25, 0.3) is 209 Å². The van der Waals surface area contributed by atoms with Crippen LogP contribution in [0.1, 0.15) is 0 Å². The number of para-hydroxylation sites is 4. The van der Waals surface area contributed by atoms with E-state index in [1.807, 2.05) is 6.07 Å². The molecule has 4 nitrogen and oxygen atoms in total. The van der Waals surface area contributed by atoms with Gasteiger partial charge in [-0.15, -0.1) is 0 Å². The second-order valence-electron chi connectivity index (χ2n) is 34.1. The molecule has 0 aliphatic heterocycles. The smallest absolute Gasteiger partial charge is 0.143 e. The molecule has 0 unspecified atom stereocenters. The maximum absolute atomic E-state index is 6.91. The van der Waals surface area contributed by atoms with Gasteiger partial charge in [0.15, 0.2) is 0 Å². The third-order valence-corrected chi connectivity index (χ3v) is 26.4. The summed E-state index contributed by atoms with van der Waals surface area (Å²) in [6.07, 6.45) is 0. The molecule has 0 radical (unpaired) electrons. The van der Waals surface area contributed by atoms with Crippen molar-refractivity contribution in [1.82, 2.24) is 0 Å². The van der Waals surface area contributed by atoms with Crippen molar-refractivity contribution in [3.8, 4) is 111 Å². The summed E-state index contributed by atoms with van der Waals surface area (Å²) in [5, 5.41) is 16.8. The molecule has 0 saturated carbocycles. The summed E-state index contributed by atoms with van der Waals surface area (Å²) < 4.78 is 13.7. The normalized spacial score (nSPS) is 11.5. The van der Waals surface area contributed by atoms with Gasteiger partial charge in [0.05, 0.1) is 11.4 Å². The number of hydrogen-bond acceptors (Lipinski definition) is 4. The van der Waals surface area contributed by atoms with Gasteiger partial charge in [0.25, 0.3) is 0 Å². The van der Waals surface area contributed by atoms with E-state index in [4.69, 9.17) is 8.83 Å². The Morgan fingerprint density at radius 3 is 0.727 bits per heavy atom. The number of furan rings is 2. The van der Waals surface area contributed by atoms with Crippen LogP contribution < -0.4 is 9.80 Å². The average molecular weight is 1680 g/mol. The Hall–Kier alpha value is -17.4. The largest absolute Gasteiger partial charge is 0.455 e. The molecule has 23 aromatic carbocycles. The molecule has 4 heteroatoms. The predicted octanol–water partition coefficient (Wildman–Crippen LogP) is 36.5. The molecule has 0 aliphatic rings. The Morgan fingerprint density at radius 1 is 0.121 bits per heavy atom. The maximum atomic E-state index is 6.91. The molecule has 2 aromatic heterocycles. The van der Waals surface area contributed by atoms with Crippen LogP contribution in [0.5, 0.6) is 0 Å². The number of benzene rings is 23. The Balaban J connectivity index is 0.000000146. The van der Waals surface area contributed by atoms with Crippen molar-refractivity contribution < 1.29 is 8.83 Å². The third-order valence-electron chi connectivity index (χ3n) is 26.4. The average Bonchev–Trinajstić information content (AvgIpc) is 0.977. The molecule has 2 heterocycles. The highest BCUT2D eigenvalue weighted by Gasteiger charge is 2.24. The first-order chi connectivity index (χ1) is 65.4. The molecular formula is C128H84N2O2. The molecule has 0 saturated heterocycles. The van der Waals surface area contributed by atoms with Gasteiger partial charge in [0.2, 0.25) is 0 Å². The van der Waals surface area contributed by atoms with Crippen molar-refractivity contribution in [2.45, 2.75) is 0 Å². The van der Waals surface area contributed by atoms with E-state index in [2.05, 4.69) is 513 Å². The summed E-state index contributed by atoms with van der Waals surface area (Å²) in [5.74, 6) is 0. The van der Waals surface area contributed by atoms with Crippen molar-refractivity contribution in [3.63, 3.8) is 0 Å². The summed E-state index contributed by atoms with van der Waals surface area (Å²) in [5.41, 5.74) is 33.4. The maximum Gasteiger partial charge on any atom is 0.143 e. The molecule has 0 N–H and O–H groups in total. The Morgan fingerprint density at radius 2 is 0.348 bits per heavy atom. The fourth-order valence-corrected chi connectivity index (χ4v) is 19.8. The number of fused-ring (bicyclic) bond motifs is 13. The van der Waals surface area contributed by atoms with Crippen LogP contribution in [0, 0.1) is 0 Å². The molecule has 0 atom stereocenters. The SMILES string of the molecule is c1ccc(-c2ccc(N(c3ccc(-c4ccc(-c5cccc(-c6cccc7c6oc6c(-c8cccc9ccccc89)cccc67)c5)cc4)cc3)c3cc4ccccc4c4ccccc34)cc2)cc1.c1ccc(-c2ccc(N(c3ccc(-c4ccc(-c5cccc(-c6cccc7c6oc6c(-c8ccccc8)cccc67)c5)cc4)cc3)c3cc4ccccc4c4ccccc34)cc2)cc1. The lowest BCUT2D eigenvalue weighted by Crippen LogP contribution is -2.10. The van der Waals surface area contributed by atoms with Crippen LogP contribution in [0.15, 0.2) is 518 Å². The highest BCUT2D eigenvalue weighted by atomic mass is 16.3. The molecular weight excluding hydrogens is 1600 g/mol. The van der Waals surface area contributed by atoms with Crippen LogP contribution in [-0.2, 0) is 0 Å². The lowest BCUT2D eigenvalue weighted by atomic mass is 9.95. The number of rotatable bonds is 16. The summed E-state index contributed by atoms with van der Waals surface area (Å²) in [6, 6.07) is 184. The highest BCUT2D eigenvalue weighted by Crippen LogP contribution is 2.49. The lowest BCUT2D eigenvalue weighted by Gasteiger charge is -2.28. The van der Waals surface area contributed by atoms with Crippen molar-refractivity contribution in [1.29, 1.82) is 0 Å². The second-order valence-corrected chi connectivity index (χ2v) is 34.1. The van der Waals surface area contributed by atoms with Crippen LogP contribution in [0.2, 0.25) is 0 Å². The lowest BCUT2D eigenvalue weighted by molar-refractivity contribution is 0.670. The first-order valence-corrected chi connectivity index (χ1v) is 45.2. The number of hydrogen-bond donors (Lipinski definition) is 0. The topological polar surface area (TPSA) is 32.8 Å².